The molecule has 1 heterocycles. The van der Waals surface area contributed by atoms with Gasteiger partial charge in [-0.15, -0.1) is 0 Å². The van der Waals surface area contributed by atoms with Crippen molar-refractivity contribution in [2.24, 2.45) is 4.99 Å². The van der Waals surface area contributed by atoms with Crippen LogP contribution in [0, 0.1) is 6.92 Å². The number of nitrogens with zero attached hydrogens (tertiary/aromatic N) is 2. The summed E-state index contributed by atoms with van der Waals surface area (Å²) in [6, 6.07) is 0. The Morgan fingerprint density at radius 2 is 2.18 bits per heavy atom. The predicted octanol–water partition coefficient (Wildman–Crippen LogP) is 2.85. The van der Waals surface area contributed by atoms with Gasteiger partial charge in [0.15, 0.2) is 0 Å². The second kappa shape index (κ2) is 5.25. The van der Waals surface area contributed by atoms with Crippen LogP contribution in [0.15, 0.2) is 9.79 Å². The lowest BCUT2D eigenvalue weighted by molar-refractivity contribution is 0.660. The summed E-state index contributed by atoms with van der Waals surface area (Å²) in [7, 11) is 0. The van der Waals surface area contributed by atoms with E-state index >= 15 is 0 Å². The molecule has 92 valence electrons. The molecule has 0 spiro atoms. The number of aryl methyl sites for hydroxylation is 1. The molecule has 1 aromatic heterocycles. The topological polar surface area (TPSA) is 58.1 Å². The van der Waals surface area contributed by atoms with Crippen molar-refractivity contribution in [1.29, 1.82) is 0 Å². The third kappa shape index (κ3) is 2.62. The third-order valence-corrected chi connectivity index (χ3v) is 3.23. The van der Waals surface area contributed by atoms with Crippen LogP contribution in [-0.2, 0) is 0 Å². The van der Waals surface area contributed by atoms with Crippen molar-refractivity contribution in [3.8, 4) is 0 Å². The fourth-order valence-electron chi connectivity index (χ4n) is 2.33. The van der Waals surface area contributed by atoms with Crippen LogP contribution < -0.4 is 5.56 Å². The monoisotopic (exact) mass is 233 g/mol. The van der Waals surface area contributed by atoms with E-state index in [4.69, 9.17) is 0 Å². The minimum absolute atomic E-state index is 0.107. The first kappa shape index (κ1) is 12.0. The predicted molar refractivity (Wildman–Crippen MR) is 69.2 cm³/mol. The molecule has 1 aromatic rings. The molecular formula is C13H19N3O. The molecule has 0 unspecified atom stereocenters. The van der Waals surface area contributed by atoms with Gasteiger partial charge in [0.25, 0.3) is 5.56 Å². The number of hydrogen-bond acceptors (Lipinski definition) is 3. The van der Waals surface area contributed by atoms with Gasteiger partial charge in [-0.3, -0.25) is 9.79 Å². The zero-order valence-electron chi connectivity index (χ0n) is 10.5. The van der Waals surface area contributed by atoms with Gasteiger partial charge in [0.2, 0.25) is 0 Å². The summed E-state index contributed by atoms with van der Waals surface area (Å²) in [4.78, 5) is 23.5. The fraction of sp³-hybridized carbons (Fsp3) is 0.615. The molecule has 0 aliphatic heterocycles. The molecule has 1 saturated carbocycles. The lowest BCUT2D eigenvalue weighted by atomic mass is 10.1. The summed E-state index contributed by atoms with van der Waals surface area (Å²) in [5.41, 5.74) is 1.08. The summed E-state index contributed by atoms with van der Waals surface area (Å²) in [5, 5.41) is 0. The Labute approximate surface area is 101 Å². The Balaban J connectivity index is 2.34. The van der Waals surface area contributed by atoms with E-state index in [1.54, 1.807) is 6.21 Å². The molecule has 0 radical (unpaired) electrons. The molecule has 0 amide bonds. The highest BCUT2D eigenvalue weighted by Gasteiger charge is 2.20. The second-order valence-electron chi connectivity index (χ2n) is 4.59. The maximum Gasteiger partial charge on any atom is 0.277 e. The van der Waals surface area contributed by atoms with Gasteiger partial charge in [0, 0.05) is 12.1 Å². The van der Waals surface area contributed by atoms with Gasteiger partial charge in [-0.2, -0.15) is 0 Å². The van der Waals surface area contributed by atoms with Crippen molar-refractivity contribution < 1.29 is 0 Å². The minimum atomic E-state index is -0.107. The van der Waals surface area contributed by atoms with E-state index in [1.807, 2.05) is 13.8 Å². The lowest BCUT2D eigenvalue weighted by Crippen LogP contribution is -2.14. The number of aromatic nitrogens is 2. The van der Waals surface area contributed by atoms with Crippen molar-refractivity contribution >= 4 is 11.9 Å². The zero-order valence-corrected chi connectivity index (χ0v) is 10.5. The molecule has 1 aliphatic rings. The van der Waals surface area contributed by atoms with Crippen LogP contribution in [0.25, 0.3) is 0 Å². The summed E-state index contributed by atoms with van der Waals surface area (Å²) in [6.07, 6.45) is 7.32. The van der Waals surface area contributed by atoms with Crippen molar-refractivity contribution in [3.63, 3.8) is 0 Å². The van der Waals surface area contributed by atoms with Gasteiger partial charge in [-0.1, -0.05) is 19.8 Å². The van der Waals surface area contributed by atoms with Crippen LogP contribution in [0.3, 0.4) is 0 Å². The maximum atomic E-state index is 11.9. The average molecular weight is 233 g/mol. The summed E-state index contributed by atoms with van der Waals surface area (Å²) < 4.78 is 0. The van der Waals surface area contributed by atoms with Crippen molar-refractivity contribution in [3.05, 3.63) is 21.9 Å². The van der Waals surface area contributed by atoms with Gasteiger partial charge in [0.05, 0.1) is 5.69 Å². The quantitative estimate of drug-likeness (QED) is 0.816. The van der Waals surface area contributed by atoms with Crippen LogP contribution >= 0.6 is 0 Å². The molecule has 0 bridgehead atoms. The molecular weight excluding hydrogens is 214 g/mol. The van der Waals surface area contributed by atoms with E-state index < -0.39 is 0 Å². The molecule has 17 heavy (non-hydrogen) atoms. The first-order valence-corrected chi connectivity index (χ1v) is 6.35. The van der Waals surface area contributed by atoms with Crippen molar-refractivity contribution in [1.82, 2.24) is 9.97 Å². The van der Waals surface area contributed by atoms with Gasteiger partial charge in [0.1, 0.15) is 11.5 Å². The molecule has 4 heteroatoms. The Hall–Kier alpha value is -1.45. The number of aliphatic imine (C=N–C) groups is 1. The van der Waals surface area contributed by atoms with Gasteiger partial charge in [-0.25, -0.2) is 4.98 Å². The largest absolute Gasteiger partial charge is 0.308 e. The highest BCUT2D eigenvalue weighted by Crippen LogP contribution is 2.32. The number of H-pyrrole nitrogens is 1. The third-order valence-electron chi connectivity index (χ3n) is 3.23. The van der Waals surface area contributed by atoms with E-state index in [0.29, 0.717) is 11.6 Å². The maximum absolute atomic E-state index is 11.9. The molecule has 1 fully saturated rings. The SMILES string of the molecule is CCC=Nc1c(C)nc(C2CCCC2)[nH]c1=O. The molecule has 4 nitrogen and oxygen atoms in total. The van der Waals surface area contributed by atoms with E-state index in [-0.39, 0.29) is 5.56 Å². The molecule has 0 saturated heterocycles. The fourth-order valence-corrected chi connectivity index (χ4v) is 2.33. The lowest BCUT2D eigenvalue weighted by Gasteiger charge is -2.09. The summed E-state index contributed by atoms with van der Waals surface area (Å²) in [6.45, 7) is 3.85. The first-order valence-electron chi connectivity index (χ1n) is 6.35. The highest BCUT2D eigenvalue weighted by atomic mass is 16.1. The molecule has 0 aromatic carbocycles. The van der Waals surface area contributed by atoms with Gasteiger partial charge < -0.3 is 4.98 Å². The number of rotatable bonds is 3. The van der Waals surface area contributed by atoms with Crippen LogP contribution in [-0.4, -0.2) is 16.2 Å². The zero-order chi connectivity index (χ0) is 12.3. The Bertz CT molecular complexity index is 470. The second-order valence-corrected chi connectivity index (χ2v) is 4.59. The highest BCUT2D eigenvalue weighted by molar-refractivity contribution is 5.63. The molecule has 1 aliphatic carbocycles. The molecule has 2 rings (SSSR count). The van der Waals surface area contributed by atoms with Crippen LogP contribution in [0.2, 0.25) is 0 Å². The van der Waals surface area contributed by atoms with Gasteiger partial charge >= 0.3 is 0 Å². The summed E-state index contributed by atoms with van der Waals surface area (Å²) in [5.74, 6) is 1.28. The molecule has 1 N–H and O–H groups in total. The Morgan fingerprint density at radius 3 is 2.76 bits per heavy atom. The van der Waals surface area contributed by atoms with E-state index in [2.05, 4.69) is 15.0 Å². The van der Waals surface area contributed by atoms with Crippen molar-refractivity contribution in [2.45, 2.75) is 51.9 Å². The minimum Gasteiger partial charge on any atom is -0.308 e. The summed E-state index contributed by atoms with van der Waals surface area (Å²) >= 11 is 0. The van der Waals surface area contributed by atoms with E-state index in [0.717, 1.165) is 30.8 Å². The number of nitrogens with one attached hydrogen (secondary N) is 1. The normalized spacial score (nSPS) is 17.1. The van der Waals surface area contributed by atoms with Crippen LogP contribution in [0.1, 0.15) is 56.5 Å². The average Bonchev–Trinajstić information content (AvgIpc) is 2.81. The van der Waals surface area contributed by atoms with Crippen molar-refractivity contribution in [2.75, 3.05) is 0 Å². The van der Waals surface area contributed by atoms with Crippen LogP contribution in [0.4, 0.5) is 5.69 Å². The van der Waals surface area contributed by atoms with E-state index in [1.165, 1.54) is 12.8 Å². The molecule has 0 atom stereocenters. The van der Waals surface area contributed by atoms with Crippen LogP contribution in [0.5, 0.6) is 0 Å². The number of aromatic amines is 1. The standard InChI is InChI=1S/C13H19N3O/c1-3-8-14-11-9(2)15-12(16-13(11)17)10-6-4-5-7-10/h8,10H,3-7H2,1-2H3,(H,15,16,17). The number of hydrogen-bond donors (Lipinski definition) is 1. The van der Waals surface area contributed by atoms with Gasteiger partial charge in [-0.05, 0) is 26.2 Å². The Morgan fingerprint density at radius 1 is 1.47 bits per heavy atom. The Kier molecular flexibility index (Phi) is 3.71. The van der Waals surface area contributed by atoms with E-state index in [9.17, 15) is 4.79 Å². The smallest absolute Gasteiger partial charge is 0.277 e. The first-order chi connectivity index (χ1) is 8.22.